The molecule has 1 aromatic rings. The van der Waals surface area contributed by atoms with Crippen molar-refractivity contribution in [3.63, 3.8) is 0 Å². The lowest BCUT2D eigenvalue weighted by molar-refractivity contribution is -0.884. The molecule has 3 rings (SSSR count). The van der Waals surface area contributed by atoms with E-state index in [2.05, 4.69) is 12.5 Å². The number of benzene rings is 1. The van der Waals surface area contributed by atoms with Crippen LogP contribution in [0.4, 0.5) is 11.4 Å². The molecule has 0 aliphatic carbocycles. The van der Waals surface area contributed by atoms with Gasteiger partial charge < -0.3 is 9.64 Å². The molecule has 1 saturated heterocycles. The van der Waals surface area contributed by atoms with Gasteiger partial charge in [-0.1, -0.05) is 0 Å². The molecule has 1 aromatic carbocycles. The number of nitro groups is 1. The van der Waals surface area contributed by atoms with Gasteiger partial charge in [0.25, 0.3) is 17.5 Å². The van der Waals surface area contributed by atoms with Crippen molar-refractivity contribution < 1.29 is 24.1 Å². The van der Waals surface area contributed by atoms with Crippen LogP contribution in [0.25, 0.3) is 0 Å². The van der Waals surface area contributed by atoms with Gasteiger partial charge in [-0.15, -0.1) is 0 Å². The second kappa shape index (κ2) is 7.03. The first-order valence-electron chi connectivity index (χ1n) is 8.01. The number of rotatable bonds is 4. The van der Waals surface area contributed by atoms with Crippen molar-refractivity contribution in [1.29, 1.82) is 0 Å². The standard InChI is InChI=1S/C15H19N5O5/c1-17-4-6-18(7-5-17)16-14(21)9-19-12-8-11(20(23)24)2-3-13(12)25-10-15(19)22/h2-3,8H,4-7,9-10H2,1H3,(H,16,21)/p+1. The molecule has 0 saturated carbocycles. The Hall–Kier alpha value is -2.72. The molecule has 10 heteroatoms. The molecule has 0 bridgehead atoms. The van der Waals surface area contributed by atoms with Gasteiger partial charge in [0.15, 0.2) is 6.61 Å². The largest absolute Gasteiger partial charge is 0.482 e. The van der Waals surface area contributed by atoms with E-state index in [1.165, 1.54) is 28.0 Å². The molecule has 0 radical (unpaired) electrons. The number of fused-ring (bicyclic) bond motifs is 1. The van der Waals surface area contributed by atoms with Crippen molar-refractivity contribution >= 4 is 23.2 Å². The van der Waals surface area contributed by atoms with Crippen LogP contribution in [0, 0.1) is 10.1 Å². The van der Waals surface area contributed by atoms with Crippen LogP contribution in [-0.2, 0) is 9.59 Å². The molecule has 2 heterocycles. The van der Waals surface area contributed by atoms with Gasteiger partial charge in [0.2, 0.25) is 0 Å². The molecule has 2 N–H and O–H groups in total. The zero-order chi connectivity index (χ0) is 18.0. The summed E-state index contributed by atoms with van der Waals surface area (Å²) in [6.07, 6.45) is 0. The summed E-state index contributed by atoms with van der Waals surface area (Å²) in [7, 11) is 2.09. The number of nitrogens with one attached hydrogen (secondary N) is 2. The van der Waals surface area contributed by atoms with Crippen molar-refractivity contribution in [1.82, 2.24) is 10.4 Å². The Kier molecular flexibility index (Phi) is 4.81. The average molecular weight is 350 g/mol. The zero-order valence-electron chi connectivity index (χ0n) is 13.9. The smallest absolute Gasteiger partial charge is 0.271 e. The Morgan fingerprint density at radius 1 is 1.40 bits per heavy atom. The van der Waals surface area contributed by atoms with Crippen LogP contribution in [0.2, 0.25) is 0 Å². The van der Waals surface area contributed by atoms with Crippen LogP contribution < -0.4 is 20.0 Å². The monoisotopic (exact) mass is 350 g/mol. The van der Waals surface area contributed by atoms with E-state index in [4.69, 9.17) is 4.74 Å². The van der Waals surface area contributed by atoms with E-state index in [-0.39, 0.29) is 30.4 Å². The maximum Gasteiger partial charge on any atom is 0.271 e. The van der Waals surface area contributed by atoms with E-state index in [9.17, 15) is 19.7 Å². The predicted octanol–water partition coefficient (Wildman–Crippen LogP) is -1.82. The maximum atomic E-state index is 12.3. The molecule has 25 heavy (non-hydrogen) atoms. The van der Waals surface area contributed by atoms with Crippen LogP contribution in [-0.4, -0.2) is 68.1 Å². The number of piperazine rings is 1. The zero-order valence-corrected chi connectivity index (χ0v) is 13.9. The van der Waals surface area contributed by atoms with Crippen molar-refractivity contribution in [3.05, 3.63) is 28.3 Å². The summed E-state index contributed by atoms with van der Waals surface area (Å²) >= 11 is 0. The summed E-state index contributed by atoms with van der Waals surface area (Å²) in [6, 6.07) is 3.99. The third-order valence-corrected chi connectivity index (χ3v) is 4.30. The fourth-order valence-electron chi connectivity index (χ4n) is 2.83. The Labute approximate surface area is 144 Å². The molecule has 0 unspecified atom stereocenters. The normalized spacial score (nSPS) is 18.4. The minimum absolute atomic E-state index is 0.162. The lowest BCUT2D eigenvalue weighted by atomic mass is 10.2. The first kappa shape index (κ1) is 17.1. The molecular formula is C15H20N5O5+. The Balaban J connectivity index is 1.71. The van der Waals surface area contributed by atoms with Crippen LogP contribution in [0.15, 0.2) is 18.2 Å². The summed E-state index contributed by atoms with van der Waals surface area (Å²) in [5, 5.41) is 12.8. The number of nitro benzene ring substituents is 1. The molecular weight excluding hydrogens is 330 g/mol. The number of amides is 2. The third kappa shape index (κ3) is 3.86. The molecule has 10 nitrogen and oxygen atoms in total. The van der Waals surface area contributed by atoms with Crippen molar-refractivity contribution in [2.24, 2.45) is 0 Å². The van der Waals surface area contributed by atoms with Gasteiger partial charge in [-0.25, -0.2) is 5.01 Å². The number of hydrazine groups is 1. The number of quaternary nitrogens is 1. The number of non-ortho nitro benzene ring substituents is 1. The fraction of sp³-hybridized carbons (Fsp3) is 0.467. The van der Waals surface area contributed by atoms with E-state index >= 15 is 0 Å². The van der Waals surface area contributed by atoms with Gasteiger partial charge in [-0.2, -0.15) is 0 Å². The highest BCUT2D eigenvalue weighted by Gasteiger charge is 2.30. The van der Waals surface area contributed by atoms with Crippen LogP contribution in [0.5, 0.6) is 5.75 Å². The molecule has 2 amide bonds. The Morgan fingerprint density at radius 3 is 2.80 bits per heavy atom. The van der Waals surface area contributed by atoms with Gasteiger partial charge in [0.05, 0.1) is 43.8 Å². The quantitative estimate of drug-likeness (QED) is 0.489. The highest BCUT2D eigenvalue weighted by molar-refractivity contribution is 6.02. The van der Waals surface area contributed by atoms with E-state index in [0.717, 1.165) is 26.2 Å². The highest BCUT2D eigenvalue weighted by Crippen LogP contribution is 2.35. The first-order valence-corrected chi connectivity index (χ1v) is 8.01. The summed E-state index contributed by atoms with van der Waals surface area (Å²) in [4.78, 5) is 37.5. The van der Waals surface area contributed by atoms with Gasteiger partial charge in [0, 0.05) is 12.1 Å². The van der Waals surface area contributed by atoms with Crippen LogP contribution in [0.1, 0.15) is 0 Å². The number of nitrogens with zero attached hydrogens (tertiary/aromatic N) is 3. The van der Waals surface area contributed by atoms with E-state index in [1.54, 1.807) is 0 Å². The van der Waals surface area contributed by atoms with E-state index < -0.39 is 10.8 Å². The second-order valence-corrected chi connectivity index (χ2v) is 6.16. The molecule has 2 aliphatic heterocycles. The summed E-state index contributed by atoms with van der Waals surface area (Å²) in [5.41, 5.74) is 2.86. The minimum Gasteiger partial charge on any atom is -0.482 e. The number of hydrogen-bond acceptors (Lipinski definition) is 6. The van der Waals surface area contributed by atoms with Crippen molar-refractivity contribution in [2.75, 3.05) is 51.3 Å². The predicted molar refractivity (Wildman–Crippen MR) is 87.3 cm³/mol. The van der Waals surface area contributed by atoms with E-state index in [1.807, 2.05) is 5.01 Å². The molecule has 0 spiro atoms. The van der Waals surface area contributed by atoms with Gasteiger partial charge in [-0.3, -0.25) is 30.0 Å². The molecule has 1 fully saturated rings. The summed E-state index contributed by atoms with van der Waals surface area (Å²) in [5.74, 6) is -0.403. The maximum absolute atomic E-state index is 12.3. The van der Waals surface area contributed by atoms with Crippen molar-refractivity contribution in [3.8, 4) is 5.75 Å². The van der Waals surface area contributed by atoms with Gasteiger partial charge >= 0.3 is 0 Å². The Bertz CT molecular complexity index is 702. The van der Waals surface area contributed by atoms with E-state index in [0.29, 0.717) is 5.75 Å². The van der Waals surface area contributed by atoms with Crippen LogP contribution >= 0.6 is 0 Å². The molecule has 0 atom stereocenters. The topological polar surface area (TPSA) is 109 Å². The molecule has 134 valence electrons. The summed E-state index contributed by atoms with van der Waals surface area (Å²) in [6.45, 7) is 2.90. The fourth-order valence-corrected chi connectivity index (χ4v) is 2.83. The molecule has 0 aromatic heterocycles. The van der Waals surface area contributed by atoms with Crippen molar-refractivity contribution in [2.45, 2.75) is 0 Å². The number of hydrogen-bond donors (Lipinski definition) is 2. The number of carbonyl (C=O) groups excluding carboxylic acids is 2. The first-order chi connectivity index (χ1) is 11.9. The van der Waals surface area contributed by atoms with Gasteiger partial charge in [-0.05, 0) is 6.07 Å². The molecule has 2 aliphatic rings. The number of carbonyl (C=O) groups is 2. The Morgan fingerprint density at radius 2 is 2.12 bits per heavy atom. The number of ether oxygens (including phenoxy) is 1. The lowest BCUT2D eigenvalue weighted by Crippen LogP contribution is -3.12. The number of anilines is 1. The number of likely N-dealkylation sites (N-methyl/N-ethyl adjacent to an activating group) is 1. The highest BCUT2D eigenvalue weighted by atomic mass is 16.6. The van der Waals surface area contributed by atoms with Crippen LogP contribution in [0.3, 0.4) is 0 Å². The lowest BCUT2D eigenvalue weighted by Gasteiger charge is -2.32. The van der Waals surface area contributed by atoms with Gasteiger partial charge in [0.1, 0.15) is 12.3 Å². The minimum atomic E-state index is -0.551. The third-order valence-electron chi connectivity index (χ3n) is 4.30. The average Bonchev–Trinajstić information content (AvgIpc) is 2.59. The second-order valence-electron chi connectivity index (χ2n) is 6.16. The SMILES string of the molecule is C[NH+]1CCN(NC(=O)CN2C(=O)COc3ccc([N+](=O)[O-])cc32)CC1. The summed E-state index contributed by atoms with van der Waals surface area (Å²) < 4.78 is 5.29.